The molecule has 2 aromatic heterocycles. The molecule has 1 atom stereocenters. The van der Waals surface area contributed by atoms with E-state index in [0.29, 0.717) is 18.3 Å². The Bertz CT molecular complexity index is 551. The minimum absolute atomic E-state index is 0.113. The van der Waals surface area contributed by atoms with Crippen LogP contribution in [0.1, 0.15) is 19.7 Å². The van der Waals surface area contributed by atoms with Crippen molar-refractivity contribution in [1.29, 1.82) is 0 Å². The van der Waals surface area contributed by atoms with Crippen molar-refractivity contribution in [1.82, 2.24) is 15.5 Å². The maximum absolute atomic E-state index is 11.6. The van der Waals surface area contributed by atoms with Gasteiger partial charge < -0.3 is 9.26 Å². The number of aromatic nitrogens is 2. The van der Waals surface area contributed by atoms with Crippen LogP contribution < -0.4 is 5.32 Å². The lowest BCUT2D eigenvalue weighted by Gasteiger charge is -2.18. The summed E-state index contributed by atoms with van der Waals surface area (Å²) in [7, 11) is 1.38. The molecule has 0 saturated carbocycles. The van der Waals surface area contributed by atoms with E-state index in [0.717, 1.165) is 5.56 Å². The molecule has 2 aromatic rings. The SMILES string of the molecule is COC(=O)C(NCc1nc(-c2ccsc2)no1)C(C)C. The number of hydrogen-bond donors (Lipinski definition) is 1. The summed E-state index contributed by atoms with van der Waals surface area (Å²) in [6.45, 7) is 4.22. The molecule has 0 aromatic carbocycles. The van der Waals surface area contributed by atoms with Gasteiger partial charge in [0.2, 0.25) is 11.7 Å². The summed E-state index contributed by atoms with van der Waals surface area (Å²) in [6.07, 6.45) is 0. The fourth-order valence-electron chi connectivity index (χ4n) is 1.75. The van der Waals surface area contributed by atoms with Gasteiger partial charge in [0.05, 0.1) is 13.7 Å². The van der Waals surface area contributed by atoms with Crippen molar-refractivity contribution < 1.29 is 14.1 Å². The zero-order chi connectivity index (χ0) is 14.5. The van der Waals surface area contributed by atoms with Gasteiger partial charge in [-0.1, -0.05) is 19.0 Å². The molecule has 0 saturated heterocycles. The number of thiophene rings is 1. The molecule has 7 heteroatoms. The number of methoxy groups -OCH3 is 1. The van der Waals surface area contributed by atoms with Crippen LogP contribution in [0.2, 0.25) is 0 Å². The molecule has 0 bridgehead atoms. The summed E-state index contributed by atoms with van der Waals surface area (Å²) in [5.41, 5.74) is 0.929. The van der Waals surface area contributed by atoms with Crippen LogP contribution in [-0.4, -0.2) is 29.3 Å². The number of carbonyl (C=O) groups excluding carboxylic acids is 1. The summed E-state index contributed by atoms with van der Waals surface area (Å²) in [4.78, 5) is 15.9. The normalized spacial score (nSPS) is 12.6. The van der Waals surface area contributed by atoms with Gasteiger partial charge in [0, 0.05) is 10.9 Å². The van der Waals surface area contributed by atoms with E-state index in [9.17, 15) is 4.79 Å². The fraction of sp³-hybridized carbons (Fsp3) is 0.462. The molecule has 0 aliphatic heterocycles. The quantitative estimate of drug-likeness (QED) is 0.822. The summed E-state index contributed by atoms with van der Waals surface area (Å²) >= 11 is 1.57. The lowest BCUT2D eigenvalue weighted by molar-refractivity contribution is -0.144. The van der Waals surface area contributed by atoms with Gasteiger partial charge in [-0.3, -0.25) is 10.1 Å². The van der Waals surface area contributed by atoms with Gasteiger partial charge >= 0.3 is 5.97 Å². The Morgan fingerprint density at radius 1 is 1.55 bits per heavy atom. The maximum atomic E-state index is 11.6. The Labute approximate surface area is 121 Å². The highest BCUT2D eigenvalue weighted by atomic mass is 32.1. The third-order valence-corrected chi connectivity index (χ3v) is 3.53. The number of ether oxygens (including phenoxy) is 1. The van der Waals surface area contributed by atoms with E-state index in [1.807, 2.05) is 30.7 Å². The molecule has 108 valence electrons. The molecular formula is C13H17N3O3S. The predicted octanol–water partition coefficient (Wildman–Crippen LogP) is 2.09. The van der Waals surface area contributed by atoms with Crippen LogP contribution in [0.25, 0.3) is 11.4 Å². The molecule has 20 heavy (non-hydrogen) atoms. The molecule has 0 spiro atoms. The molecule has 6 nitrogen and oxygen atoms in total. The van der Waals surface area contributed by atoms with Crippen LogP contribution in [0.4, 0.5) is 0 Å². The molecule has 2 heterocycles. The lowest BCUT2D eigenvalue weighted by Crippen LogP contribution is -2.41. The van der Waals surface area contributed by atoms with E-state index in [1.165, 1.54) is 7.11 Å². The summed E-state index contributed by atoms with van der Waals surface area (Å²) in [5, 5.41) is 10.9. The Morgan fingerprint density at radius 3 is 2.95 bits per heavy atom. The van der Waals surface area contributed by atoms with Crippen molar-refractivity contribution in [3.63, 3.8) is 0 Å². The van der Waals surface area contributed by atoms with Crippen LogP contribution in [0, 0.1) is 5.92 Å². The van der Waals surface area contributed by atoms with Crippen molar-refractivity contribution in [3.05, 3.63) is 22.7 Å². The van der Waals surface area contributed by atoms with Crippen molar-refractivity contribution in [3.8, 4) is 11.4 Å². The van der Waals surface area contributed by atoms with Gasteiger partial charge in [0.25, 0.3) is 0 Å². The first-order valence-corrected chi connectivity index (χ1v) is 7.22. The number of carbonyl (C=O) groups is 1. The highest BCUT2D eigenvalue weighted by Gasteiger charge is 2.23. The second-order valence-corrected chi connectivity index (χ2v) is 5.43. The van der Waals surface area contributed by atoms with Crippen molar-refractivity contribution in [2.24, 2.45) is 5.92 Å². The molecule has 0 aliphatic rings. The van der Waals surface area contributed by atoms with Gasteiger partial charge in [0.1, 0.15) is 6.04 Å². The summed E-state index contributed by atoms with van der Waals surface area (Å²) in [5.74, 6) is 0.822. The Balaban J connectivity index is 1.98. The van der Waals surface area contributed by atoms with E-state index in [4.69, 9.17) is 9.26 Å². The van der Waals surface area contributed by atoms with Crippen LogP contribution in [0.3, 0.4) is 0 Å². The van der Waals surface area contributed by atoms with Gasteiger partial charge in [-0.05, 0) is 17.4 Å². The number of hydrogen-bond acceptors (Lipinski definition) is 7. The highest BCUT2D eigenvalue weighted by Crippen LogP contribution is 2.18. The number of nitrogens with one attached hydrogen (secondary N) is 1. The Hall–Kier alpha value is -1.73. The van der Waals surface area contributed by atoms with Crippen LogP contribution in [0.15, 0.2) is 21.3 Å². The van der Waals surface area contributed by atoms with Crippen molar-refractivity contribution in [2.45, 2.75) is 26.4 Å². The van der Waals surface area contributed by atoms with E-state index < -0.39 is 6.04 Å². The topological polar surface area (TPSA) is 77.2 Å². The van der Waals surface area contributed by atoms with Gasteiger partial charge in [-0.15, -0.1) is 0 Å². The average Bonchev–Trinajstić information content (AvgIpc) is 3.08. The van der Waals surface area contributed by atoms with Gasteiger partial charge in [-0.25, -0.2) is 0 Å². The molecule has 1 unspecified atom stereocenters. The molecule has 0 aliphatic carbocycles. The molecule has 0 amide bonds. The largest absolute Gasteiger partial charge is 0.468 e. The zero-order valence-electron chi connectivity index (χ0n) is 11.6. The summed E-state index contributed by atoms with van der Waals surface area (Å²) < 4.78 is 9.92. The van der Waals surface area contributed by atoms with Crippen LogP contribution in [-0.2, 0) is 16.1 Å². The lowest BCUT2D eigenvalue weighted by atomic mass is 10.1. The van der Waals surface area contributed by atoms with Gasteiger partial charge in [0.15, 0.2) is 0 Å². The predicted molar refractivity (Wildman–Crippen MR) is 75.1 cm³/mol. The van der Waals surface area contributed by atoms with E-state index >= 15 is 0 Å². The number of nitrogens with zero attached hydrogens (tertiary/aromatic N) is 2. The maximum Gasteiger partial charge on any atom is 0.323 e. The molecule has 0 fully saturated rings. The fourth-order valence-corrected chi connectivity index (χ4v) is 2.39. The van der Waals surface area contributed by atoms with Crippen LogP contribution in [0.5, 0.6) is 0 Å². The average molecular weight is 295 g/mol. The first-order chi connectivity index (χ1) is 9.61. The van der Waals surface area contributed by atoms with Crippen molar-refractivity contribution in [2.75, 3.05) is 7.11 Å². The zero-order valence-corrected chi connectivity index (χ0v) is 12.4. The second-order valence-electron chi connectivity index (χ2n) is 4.65. The highest BCUT2D eigenvalue weighted by molar-refractivity contribution is 7.08. The van der Waals surface area contributed by atoms with E-state index in [1.54, 1.807) is 11.3 Å². The Morgan fingerprint density at radius 2 is 2.35 bits per heavy atom. The first kappa shape index (κ1) is 14.7. The summed E-state index contributed by atoms with van der Waals surface area (Å²) in [6, 6.07) is 1.54. The minimum Gasteiger partial charge on any atom is -0.468 e. The Kier molecular flexibility index (Phi) is 4.86. The molecular weight excluding hydrogens is 278 g/mol. The standard InChI is InChI=1S/C13H17N3O3S/c1-8(2)11(13(17)18-3)14-6-10-15-12(16-19-10)9-4-5-20-7-9/h4-5,7-8,11,14H,6H2,1-3H3. The third-order valence-electron chi connectivity index (χ3n) is 2.84. The van der Waals surface area contributed by atoms with E-state index in [2.05, 4.69) is 15.5 Å². The van der Waals surface area contributed by atoms with Crippen molar-refractivity contribution >= 4 is 17.3 Å². The molecule has 0 radical (unpaired) electrons. The number of esters is 1. The second kappa shape index (κ2) is 6.62. The number of rotatable bonds is 6. The molecule has 1 N–H and O–H groups in total. The van der Waals surface area contributed by atoms with Gasteiger partial charge in [-0.2, -0.15) is 16.3 Å². The van der Waals surface area contributed by atoms with Crippen LogP contribution >= 0.6 is 11.3 Å². The third kappa shape index (κ3) is 3.43. The minimum atomic E-state index is -0.392. The monoisotopic (exact) mass is 295 g/mol. The smallest absolute Gasteiger partial charge is 0.323 e. The first-order valence-electron chi connectivity index (χ1n) is 6.28. The van der Waals surface area contributed by atoms with E-state index in [-0.39, 0.29) is 11.9 Å². The molecule has 2 rings (SSSR count).